The molecular formula is C16H13BrN2O4S2. The van der Waals surface area contributed by atoms with Crippen LogP contribution in [0.5, 0.6) is 0 Å². The Hall–Kier alpha value is -1.97. The van der Waals surface area contributed by atoms with Crippen LogP contribution < -0.4 is 4.80 Å². The van der Waals surface area contributed by atoms with Gasteiger partial charge in [-0.15, -0.1) is 4.40 Å². The molecule has 130 valence electrons. The van der Waals surface area contributed by atoms with Crippen molar-refractivity contribution < 1.29 is 17.9 Å². The van der Waals surface area contributed by atoms with Gasteiger partial charge in [-0.2, -0.15) is 8.42 Å². The fourth-order valence-corrected chi connectivity index (χ4v) is 5.02. The average molecular weight is 441 g/mol. The van der Waals surface area contributed by atoms with Gasteiger partial charge in [0.25, 0.3) is 10.0 Å². The molecule has 0 saturated carbocycles. The second-order valence-electron chi connectivity index (χ2n) is 5.04. The number of thiazole rings is 1. The minimum atomic E-state index is -3.89. The molecule has 9 heteroatoms. The van der Waals surface area contributed by atoms with Crippen molar-refractivity contribution in [3.63, 3.8) is 0 Å². The van der Waals surface area contributed by atoms with Crippen molar-refractivity contribution in [2.75, 3.05) is 7.11 Å². The highest BCUT2D eigenvalue weighted by Crippen LogP contribution is 2.23. The summed E-state index contributed by atoms with van der Waals surface area (Å²) in [5.74, 6) is -0.485. The molecule has 0 amide bonds. The minimum Gasteiger partial charge on any atom is -0.468 e. The van der Waals surface area contributed by atoms with Crippen LogP contribution in [-0.2, 0) is 26.1 Å². The van der Waals surface area contributed by atoms with E-state index in [4.69, 9.17) is 4.74 Å². The summed E-state index contributed by atoms with van der Waals surface area (Å²) in [6.45, 7) is -0.124. The molecule has 0 bridgehead atoms. The second kappa shape index (κ2) is 7.11. The first-order valence-corrected chi connectivity index (χ1v) is 10.2. The molecule has 0 aliphatic rings. The van der Waals surface area contributed by atoms with Gasteiger partial charge in [0.1, 0.15) is 6.54 Å². The van der Waals surface area contributed by atoms with Crippen LogP contribution in [0.15, 0.2) is 62.3 Å². The molecule has 1 aromatic heterocycles. The van der Waals surface area contributed by atoms with Crippen molar-refractivity contribution in [1.29, 1.82) is 0 Å². The summed E-state index contributed by atoms with van der Waals surface area (Å²) in [4.78, 5) is 12.0. The number of halogens is 1. The zero-order valence-corrected chi connectivity index (χ0v) is 16.3. The third kappa shape index (κ3) is 3.83. The lowest BCUT2D eigenvalue weighted by molar-refractivity contribution is -0.141. The number of esters is 1. The molecule has 0 fully saturated rings. The first-order valence-electron chi connectivity index (χ1n) is 7.12. The average Bonchev–Trinajstić information content (AvgIpc) is 2.91. The van der Waals surface area contributed by atoms with Crippen LogP contribution in [0.2, 0.25) is 0 Å². The molecule has 0 spiro atoms. The Bertz CT molecular complexity index is 1100. The SMILES string of the molecule is COC(=O)Cn1c(=NS(=O)(=O)c2ccccc2)sc2cc(Br)ccc21. The van der Waals surface area contributed by atoms with Gasteiger partial charge in [-0.05, 0) is 30.3 Å². The van der Waals surface area contributed by atoms with Crippen LogP contribution in [0.25, 0.3) is 10.2 Å². The van der Waals surface area contributed by atoms with E-state index in [0.29, 0.717) is 5.52 Å². The number of carbonyl (C=O) groups excluding carboxylic acids is 1. The molecule has 25 heavy (non-hydrogen) atoms. The summed E-state index contributed by atoms with van der Waals surface area (Å²) in [6.07, 6.45) is 0. The monoisotopic (exact) mass is 440 g/mol. The summed E-state index contributed by atoms with van der Waals surface area (Å²) in [7, 11) is -2.60. The standard InChI is InChI=1S/C16H13BrN2O4S2/c1-23-15(20)10-19-13-8-7-11(17)9-14(13)24-16(19)18-25(21,22)12-5-3-2-4-6-12/h2-9H,10H2,1H3. The number of nitrogens with zero attached hydrogens (tertiary/aromatic N) is 2. The number of benzene rings is 2. The number of hydrogen-bond acceptors (Lipinski definition) is 5. The smallest absolute Gasteiger partial charge is 0.325 e. The van der Waals surface area contributed by atoms with E-state index in [1.165, 1.54) is 30.6 Å². The van der Waals surface area contributed by atoms with Gasteiger partial charge >= 0.3 is 5.97 Å². The van der Waals surface area contributed by atoms with Crippen molar-refractivity contribution in [3.05, 3.63) is 57.8 Å². The van der Waals surface area contributed by atoms with E-state index in [1.54, 1.807) is 28.8 Å². The van der Waals surface area contributed by atoms with Gasteiger partial charge in [0.05, 0.1) is 22.2 Å². The van der Waals surface area contributed by atoms with Crippen LogP contribution in [0.3, 0.4) is 0 Å². The molecule has 0 unspecified atom stereocenters. The Balaban J connectivity index is 2.24. The van der Waals surface area contributed by atoms with Crippen LogP contribution in [0, 0.1) is 0 Å². The van der Waals surface area contributed by atoms with E-state index in [2.05, 4.69) is 20.3 Å². The molecule has 6 nitrogen and oxygen atoms in total. The Morgan fingerprint density at radius 3 is 2.64 bits per heavy atom. The first-order chi connectivity index (χ1) is 11.9. The lowest BCUT2D eigenvalue weighted by atomic mass is 10.3. The summed E-state index contributed by atoms with van der Waals surface area (Å²) in [5.41, 5.74) is 0.709. The third-order valence-corrected chi connectivity index (χ3v) is 6.33. The van der Waals surface area contributed by atoms with E-state index in [9.17, 15) is 13.2 Å². The maximum Gasteiger partial charge on any atom is 0.325 e. The van der Waals surface area contributed by atoms with E-state index in [1.807, 2.05) is 12.1 Å². The molecule has 3 aromatic rings. The molecule has 1 heterocycles. The van der Waals surface area contributed by atoms with Gasteiger partial charge in [-0.25, -0.2) is 0 Å². The molecule has 2 aromatic carbocycles. The molecule has 0 aliphatic heterocycles. The predicted octanol–water partition coefficient (Wildman–Crippen LogP) is 2.93. The highest BCUT2D eigenvalue weighted by molar-refractivity contribution is 9.10. The van der Waals surface area contributed by atoms with Crippen molar-refractivity contribution in [1.82, 2.24) is 4.57 Å². The number of rotatable bonds is 4. The van der Waals surface area contributed by atoms with Gasteiger partial charge < -0.3 is 9.30 Å². The number of carbonyl (C=O) groups is 1. The quantitative estimate of drug-likeness (QED) is 0.584. The Labute approximate surface area is 156 Å². The Morgan fingerprint density at radius 2 is 1.96 bits per heavy atom. The highest BCUT2D eigenvalue weighted by Gasteiger charge is 2.16. The van der Waals surface area contributed by atoms with Crippen LogP contribution in [0.4, 0.5) is 0 Å². The number of methoxy groups -OCH3 is 1. The number of hydrogen-bond donors (Lipinski definition) is 0. The van der Waals surface area contributed by atoms with E-state index in [-0.39, 0.29) is 16.2 Å². The molecule has 0 radical (unpaired) electrons. The largest absolute Gasteiger partial charge is 0.468 e. The van der Waals surface area contributed by atoms with Crippen LogP contribution in [0.1, 0.15) is 0 Å². The molecule has 0 aliphatic carbocycles. The first kappa shape index (κ1) is 17.8. The topological polar surface area (TPSA) is 77.7 Å². The van der Waals surface area contributed by atoms with Gasteiger partial charge in [-0.1, -0.05) is 45.5 Å². The normalized spacial score (nSPS) is 12.5. The fourth-order valence-electron chi connectivity index (χ4n) is 2.21. The summed E-state index contributed by atoms with van der Waals surface area (Å²) in [5, 5.41) is 0. The second-order valence-corrected chi connectivity index (χ2v) is 8.57. The van der Waals surface area contributed by atoms with Crippen molar-refractivity contribution >= 4 is 53.5 Å². The van der Waals surface area contributed by atoms with Gasteiger partial charge in [0.15, 0.2) is 0 Å². The lowest BCUT2D eigenvalue weighted by Crippen LogP contribution is -2.22. The maximum absolute atomic E-state index is 12.6. The molecule has 3 rings (SSSR count). The van der Waals surface area contributed by atoms with Gasteiger partial charge in [-0.3, -0.25) is 4.79 Å². The van der Waals surface area contributed by atoms with Crippen molar-refractivity contribution in [2.24, 2.45) is 4.40 Å². The highest BCUT2D eigenvalue weighted by atomic mass is 79.9. The lowest BCUT2D eigenvalue weighted by Gasteiger charge is -2.04. The van der Waals surface area contributed by atoms with Gasteiger partial charge in [0.2, 0.25) is 4.80 Å². The van der Waals surface area contributed by atoms with Crippen molar-refractivity contribution in [2.45, 2.75) is 11.4 Å². The number of ether oxygens (including phenoxy) is 1. The molecule has 0 atom stereocenters. The molecule has 0 saturated heterocycles. The fraction of sp³-hybridized carbons (Fsp3) is 0.125. The number of sulfonamides is 1. The van der Waals surface area contributed by atoms with E-state index >= 15 is 0 Å². The zero-order chi connectivity index (χ0) is 18.0. The summed E-state index contributed by atoms with van der Waals surface area (Å²) in [6, 6.07) is 13.4. The maximum atomic E-state index is 12.6. The zero-order valence-electron chi connectivity index (χ0n) is 13.0. The van der Waals surface area contributed by atoms with E-state index < -0.39 is 16.0 Å². The number of aromatic nitrogens is 1. The van der Waals surface area contributed by atoms with Crippen molar-refractivity contribution in [3.8, 4) is 0 Å². The molecule has 0 N–H and O–H groups in total. The van der Waals surface area contributed by atoms with Crippen LogP contribution in [-0.4, -0.2) is 26.1 Å². The Kier molecular flexibility index (Phi) is 5.07. The third-order valence-electron chi connectivity index (χ3n) is 3.40. The minimum absolute atomic E-state index is 0.0956. The predicted molar refractivity (Wildman–Crippen MR) is 98.7 cm³/mol. The van der Waals surface area contributed by atoms with Crippen LogP contribution >= 0.6 is 27.3 Å². The van der Waals surface area contributed by atoms with Gasteiger partial charge in [0, 0.05) is 4.47 Å². The Morgan fingerprint density at radius 1 is 1.24 bits per heavy atom. The van der Waals surface area contributed by atoms with E-state index in [0.717, 1.165) is 9.17 Å². The molecular weight excluding hydrogens is 428 g/mol. The number of fused-ring (bicyclic) bond motifs is 1. The summed E-state index contributed by atoms with van der Waals surface area (Å²) < 4.78 is 37.0. The summed E-state index contributed by atoms with van der Waals surface area (Å²) >= 11 is 4.58.